The predicted molar refractivity (Wildman–Crippen MR) is 102 cm³/mol. The van der Waals surface area contributed by atoms with Crippen LogP contribution in [0.2, 0.25) is 5.02 Å². The van der Waals surface area contributed by atoms with Gasteiger partial charge in [-0.25, -0.2) is 0 Å². The largest absolute Gasteiger partial charge is 0.399 e. The van der Waals surface area contributed by atoms with Gasteiger partial charge >= 0.3 is 0 Å². The van der Waals surface area contributed by atoms with Crippen molar-refractivity contribution in [3.8, 4) is 11.3 Å². The summed E-state index contributed by atoms with van der Waals surface area (Å²) in [6.07, 6.45) is 10.3. The van der Waals surface area contributed by atoms with Crippen molar-refractivity contribution in [1.29, 1.82) is 0 Å². The Morgan fingerprint density at radius 1 is 1.12 bits per heavy atom. The maximum absolute atomic E-state index is 6.24. The van der Waals surface area contributed by atoms with Gasteiger partial charge in [0.1, 0.15) is 0 Å². The topological polar surface area (TPSA) is 50.9 Å². The van der Waals surface area contributed by atoms with Crippen molar-refractivity contribution < 1.29 is 0 Å². The molecule has 0 aliphatic heterocycles. The molecule has 1 heterocycles. The number of hydrogen-bond donors (Lipinski definition) is 2. The van der Waals surface area contributed by atoms with E-state index >= 15 is 0 Å². The van der Waals surface area contributed by atoms with Gasteiger partial charge < -0.3 is 11.1 Å². The van der Waals surface area contributed by atoms with E-state index in [4.69, 9.17) is 17.3 Å². The first-order chi connectivity index (χ1) is 11.7. The van der Waals surface area contributed by atoms with E-state index in [9.17, 15) is 0 Å². The van der Waals surface area contributed by atoms with Crippen molar-refractivity contribution in [3.05, 3.63) is 47.1 Å². The number of rotatable bonds is 6. The zero-order valence-corrected chi connectivity index (χ0v) is 14.9. The third kappa shape index (κ3) is 4.71. The zero-order valence-electron chi connectivity index (χ0n) is 14.1. The average molecular weight is 344 g/mol. The van der Waals surface area contributed by atoms with Crippen LogP contribution in [0, 0.1) is 5.92 Å². The highest BCUT2D eigenvalue weighted by molar-refractivity contribution is 6.33. The van der Waals surface area contributed by atoms with E-state index in [0.717, 1.165) is 30.3 Å². The van der Waals surface area contributed by atoms with Crippen molar-refractivity contribution in [1.82, 2.24) is 10.3 Å². The molecule has 3 nitrogen and oxygen atoms in total. The summed E-state index contributed by atoms with van der Waals surface area (Å²) in [7, 11) is 0. The third-order valence-corrected chi connectivity index (χ3v) is 5.20. The predicted octanol–water partition coefficient (Wildman–Crippen LogP) is 5.04. The SMILES string of the molecule is Nc1ccc(Cl)c(-c2ccc(CNCCC3CCCCC3)cn2)c1. The summed E-state index contributed by atoms with van der Waals surface area (Å²) < 4.78 is 0. The molecule has 0 saturated heterocycles. The first-order valence-electron chi connectivity index (χ1n) is 8.93. The third-order valence-electron chi connectivity index (χ3n) is 4.87. The Bertz CT molecular complexity index is 648. The lowest BCUT2D eigenvalue weighted by atomic mass is 9.87. The van der Waals surface area contributed by atoms with Gasteiger partial charge in [-0.3, -0.25) is 4.98 Å². The second-order valence-electron chi connectivity index (χ2n) is 6.76. The van der Waals surface area contributed by atoms with Crippen LogP contribution in [0.15, 0.2) is 36.5 Å². The van der Waals surface area contributed by atoms with E-state index in [2.05, 4.69) is 16.4 Å². The Hall–Kier alpha value is -1.58. The fourth-order valence-electron chi connectivity index (χ4n) is 3.44. The van der Waals surface area contributed by atoms with Gasteiger partial charge in [0.2, 0.25) is 0 Å². The van der Waals surface area contributed by atoms with E-state index in [-0.39, 0.29) is 0 Å². The number of hydrogen-bond acceptors (Lipinski definition) is 3. The molecule has 0 spiro atoms. The van der Waals surface area contributed by atoms with Gasteiger partial charge in [0.15, 0.2) is 0 Å². The van der Waals surface area contributed by atoms with Crippen LogP contribution in [0.25, 0.3) is 11.3 Å². The molecule has 0 atom stereocenters. The van der Waals surface area contributed by atoms with E-state index < -0.39 is 0 Å². The lowest BCUT2D eigenvalue weighted by molar-refractivity contribution is 0.334. The number of halogens is 1. The lowest BCUT2D eigenvalue weighted by Crippen LogP contribution is -2.19. The van der Waals surface area contributed by atoms with E-state index in [1.54, 1.807) is 6.07 Å². The van der Waals surface area contributed by atoms with E-state index in [1.165, 1.54) is 44.1 Å². The molecule has 1 aliphatic carbocycles. The summed E-state index contributed by atoms with van der Waals surface area (Å²) in [5, 5.41) is 4.22. The molecule has 0 amide bonds. The lowest BCUT2D eigenvalue weighted by Gasteiger charge is -2.21. The number of benzene rings is 1. The summed E-state index contributed by atoms with van der Waals surface area (Å²) in [6.45, 7) is 1.96. The Morgan fingerprint density at radius 2 is 1.96 bits per heavy atom. The maximum atomic E-state index is 6.24. The van der Waals surface area contributed by atoms with Crippen molar-refractivity contribution in [2.45, 2.75) is 45.1 Å². The van der Waals surface area contributed by atoms with Gasteiger partial charge in [-0.05, 0) is 48.7 Å². The fraction of sp³-hybridized carbons (Fsp3) is 0.450. The highest BCUT2D eigenvalue weighted by atomic mass is 35.5. The monoisotopic (exact) mass is 343 g/mol. The van der Waals surface area contributed by atoms with Crippen molar-refractivity contribution in [2.24, 2.45) is 5.92 Å². The van der Waals surface area contributed by atoms with Crippen LogP contribution in [-0.4, -0.2) is 11.5 Å². The van der Waals surface area contributed by atoms with Crippen LogP contribution in [0.3, 0.4) is 0 Å². The van der Waals surface area contributed by atoms with Crippen molar-refractivity contribution >= 4 is 17.3 Å². The standard InChI is InChI=1S/C20H26ClN3/c21-19-8-7-17(22)12-18(19)20-9-6-16(14-24-20)13-23-11-10-15-4-2-1-3-5-15/h6-9,12,14-15,23H,1-5,10-11,13,22H2. The van der Waals surface area contributed by atoms with Crippen LogP contribution in [0.1, 0.15) is 44.1 Å². The number of nitrogens with one attached hydrogen (secondary N) is 1. The van der Waals surface area contributed by atoms with Gasteiger partial charge in [0.25, 0.3) is 0 Å². The number of anilines is 1. The normalized spacial score (nSPS) is 15.5. The molecule has 3 rings (SSSR count). The van der Waals surface area contributed by atoms with Crippen molar-refractivity contribution in [2.75, 3.05) is 12.3 Å². The second-order valence-corrected chi connectivity index (χ2v) is 7.17. The quantitative estimate of drug-likeness (QED) is 0.570. The van der Waals surface area contributed by atoms with Crippen LogP contribution < -0.4 is 11.1 Å². The second kappa shape index (κ2) is 8.50. The molecule has 1 saturated carbocycles. The molecule has 1 fully saturated rings. The molecular weight excluding hydrogens is 318 g/mol. The van der Waals surface area contributed by atoms with Crippen LogP contribution >= 0.6 is 11.6 Å². The molecule has 128 valence electrons. The number of nitrogens with two attached hydrogens (primary N) is 1. The first kappa shape index (κ1) is 17.2. The van der Waals surface area contributed by atoms with Crippen LogP contribution in [0.5, 0.6) is 0 Å². The molecule has 4 heteroatoms. The molecule has 1 aliphatic rings. The molecule has 0 unspecified atom stereocenters. The Morgan fingerprint density at radius 3 is 2.71 bits per heavy atom. The minimum absolute atomic E-state index is 0.676. The number of nitrogen functional groups attached to an aromatic ring is 1. The molecule has 2 aromatic rings. The molecule has 3 N–H and O–H groups in total. The zero-order chi connectivity index (χ0) is 16.8. The first-order valence-corrected chi connectivity index (χ1v) is 9.31. The highest BCUT2D eigenvalue weighted by Gasteiger charge is 2.12. The maximum Gasteiger partial charge on any atom is 0.0717 e. The minimum Gasteiger partial charge on any atom is -0.399 e. The van der Waals surface area contributed by atoms with Crippen LogP contribution in [0.4, 0.5) is 5.69 Å². The number of aromatic nitrogens is 1. The van der Waals surface area contributed by atoms with Crippen LogP contribution in [-0.2, 0) is 6.54 Å². The summed E-state index contributed by atoms with van der Waals surface area (Å²) >= 11 is 6.24. The van der Waals surface area contributed by atoms with E-state index in [0.29, 0.717) is 10.7 Å². The number of pyridine rings is 1. The highest BCUT2D eigenvalue weighted by Crippen LogP contribution is 2.28. The molecule has 1 aromatic heterocycles. The van der Waals surface area contributed by atoms with Gasteiger partial charge in [0, 0.05) is 24.0 Å². The van der Waals surface area contributed by atoms with Gasteiger partial charge in [-0.15, -0.1) is 0 Å². The molecular formula is C20H26ClN3. The summed E-state index contributed by atoms with van der Waals surface area (Å²) in [5.74, 6) is 0.928. The van der Waals surface area contributed by atoms with Crippen molar-refractivity contribution in [3.63, 3.8) is 0 Å². The Kier molecular flexibility index (Phi) is 6.11. The Labute approximate surface area is 149 Å². The smallest absolute Gasteiger partial charge is 0.0717 e. The minimum atomic E-state index is 0.676. The summed E-state index contributed by atoms with van der Waals surface area (Å²) in [4.78, 5) is 4.54. The van der Waals surface area contributed by atoms with Gasteiger partial charge in [0.05, 0.1) is 10.7 Å². The number of nitrogens with zero attached hydrogens (tertiary/aromatic N) is 1. The van der Waals surface area contributed by atoms with Gasteiger partial charge in [-0.1, -0.05) is 49.8 Å². The summed E-state index contributed by atoms with van der Waals surface area (Å²) in [6, 6.07) is 9.60. The van der Waals surface area contributed by atoms with Gasteiger partial charge in [-0.2, -0.15) is 0 Å². The van der Waals surface area contributed by atoms with E-state index in [1.807, 2.05) is 24.4 Å². The molecule has 0 bridgehead atoms. The average Bonchev–Trinajstić information content (AvgIpc) is 2.62. The fourth-order valence-corrected chi connectivity index (χ4v) is 3.66. The molecule has 1 aromatic carbocycles. The molecule has 0 radical (unpaired) electrons. The Balaban J connectivity index is 1.50. The molecule has 24 heavy (non-hydrogen) atoms. The summed E-state index contributed by atoms with van der Waals surface area (Å²) in [5.41, 5.74) is 9.48.